The van der Waals surface area contributed by atoms with Crippen LogP contribution in [0.15, 0.2) is 24.3 Å². The largest absolute Gasteiger partial charge is 0.382 e. The van der Waals surface area contributed by atoms with Gasteiger partial charge in [0.05, 0.1) is 4.92 Å². The van der Waals surface area contributed by atoms with Gasteiger partial charge in [-0.3, -0.25) is 10.1 Å². The fraction of sp³-hybridized carbons (Fsp3) is 0.471. The quantitative estimate of drug-likeness (QED) is 0.692. The van der Waals surface area contributed by atoms with Crippen molar-refractivity contribution < 1.29 is 4.92 Å². The summed E-state index contributed by atoms with van der Waals surface area (Å²) in [4.78, 5) is 17.7. The molecule has 1 aromatic carbocycles. The minimum atomic E-state index is -0.363. The Morgan fingerprint density at radius 2 is 2.13 bits per heavy atom. The van der Waals surface area contributed by atoms with Gasteiger partial charge in [0.15, 0.2) is 5.52 Å². The van der Waals surface area contributed by atoms with Crippen molar-refractivity contribution in [2.75, 3.05) is 25.0 Å². The summed E-state index contributed by atoms with van der Waals surface area (Å²) in [7, 11) is 0. The van der Waals surface area contributed by atoms with E-state index in [0.29, 0.717) is 11.6 Å². The lowest BCUT2D eigenvalue weighted by Crippen LogP contribution is -2.38. The van der Waals surface area contributed by atoms with E-state index in [1.165, 1.54) is 6.07 Å². The van der Waals surface area contributed by atoms with Gasteiger partial charge in [-0.25, -0.2) is 4.98 Å². The van der Waals surface area contributed by atoms with Crippen LogP contribution in [0.1, 0.15) is 25.5 Å². The molecule has 23 heavy (non-hydrogen) atoms. The Bertz CT molecular complexity index is 724. The number of nitro groups is 1. The number of likely N-dealkylation sites (tertiary alicyclic amines) is 1. The predicted octanol–water partition coefficient (Wildman–Crippen LogP) is 3.35. The first-order chi connectivity index (χ1) is 11.1. The van der Waals surface area contributed by atoms with Crippen LogP contribution in [0, 0.1) is 17.0 Å². The van der Waals surface area contributed by atoms with Gasteiger partial charge in [0.1, 0.15) is 0 Å². The van der Waals surface area contributed by atoms with E-state index >= 15 is 0 Å². The SMILES string of the molecule is CCN1CCC(Nc2cc(C)nc3c([N+](=O)[O-])cccc23)CC1. The minimum absolute atomic E-state index is 0.0649. The van der Waals surface area contributed by atoms with Gasteiger partial charge in [-0.2, -0.15) is 0 Å². The molecular weight excluding hydrogens is 292 g/mol. The Hall–Kier alpha value is -2.21. The Morgan fingerprint density at radius 1 is 1.39 bits per heavy atom. The molecule has 1 aromatic heterocycles. The molecule has 1 aliphatic rings. The lowest BCUT2D eigenvalue weighted by atomic mass is 10.0. The number of nitrogens with zero attached hydrogens (tertiary/aromatic N) is 3. The molecule has 0 radical (unpaired) electrons. The van der Waals surface area contributed by atoms with Crippen LogP contribution in [-0.2, 0) is 0 Å². The predicted molar refractivity (Wildman–Crippen MR) is 91.9 cm³/mol. The molecule has 1 fully saturated rings. The van der Waals surface area contributed by atoms with E-state index in [4.69, 9.17) is 0 Å². The highest BCUT2D eigenvalue weighted by molar-refractivity contribution is 5.96. The number of hydrogen-bond donors (Lipinski definition) is 1. The second-order valence-corrected chi connectivity index (χ2v) is 6.09. The maximum atomic E-state index is 11.2. The zero-order chi connectivity index (χ0) is 16.4. The monoisotopic (exact) mass is 314 g/mol. The Balaban J connectivity index is 1.92. The molecule has 0 amide bonds. The standard InChI is InChI=1S/C17H22N4O2/c1-3-20-9-7-13(8-10-20)19-15-11-12(2)18-17-14(15)5-4-6-16(17)21(22)23/h4-6,11,13H,3,7-10H2,1-2H3,(H,18,19). The van der Waals surface area contributed by atoms with Crippen LogP contribution < -0.4 is 5.32 Å². The van der Waals surface area contributed by atoms with Gasteiger partial charge in [0, 0.05) is 42.0 Å². The number of aromatic nitrogens is 1. The van der Waals surface area contributed by atoms with Crippen molar-refractivity contribution in [1.82, 2.24) is 9.88 Å². The first kappa shape index (κ1) is 15.7. The average Bonchev–Trinajstić information content (AvgIpc) is 2.54. The van der Waals surface area contributed by atoms with Crippen molar-refractivity contribution in [2.24, 2.45) is 0 Å². The summed E-state index contributed by atoms with van der Waals surface area (Å²) in [6.07, 6.45) is 2.18. The van der Waals surface area contributed by atoms with Gasteiger partial charge in [0.2, 0.25) is 0 Å². The zero-order valence-electron chi connectivity index (χ0n) is 13.6. The maximum absolute atomic E-state index is 11.2. The lowest BCUT2D eigenvalue weighted by Gasteiger charge is -2.32. The van der Waals surface area contributed by atoms with E-state index in [-0.39, 0.29) is 10.6 Å². The van der Waals surface area contributed by atoms with E-state index in [1.54, 1.807) is 6.07 Å². The molecule has 0 aliphatic carbocycles. The summed E-state index contributed by atoms with van der Waals surface area (Å²) in [5.41, 5.74) is 2.27. The third kappa shape index (κ3) is 3.27. The number of non-ortho nitro benzene ring substituents is 1. The van der Waals surface area contributed by atoms with Crippen LogP contribution in [0.3, 0.4) is 0 Å². The molecule has 1 N–H and O–H groups in total. The molecule has 6 nitrogen and oxygen atoms in total. The summed E-state index contributed by atoms with van der Waals surface area (Å²) < 4.78 is 0. The van der Waals surface area contributed by atoms with Crippen LogP contribution in [0.4, 0.5) is 11.4 Å². The third-order valence-corrected chi connectivity index (χ3v) is 4.54. The highest BCUT2D eigenvalue weighted by atomic mass is 16.6. The molecule has 0 bridgehead atoms. The Morgan fingerprint density at radius 3 is 2.78 bits per heavy atom. The number of nitrogens with one attached hydrogen (secondary N) is 1. The van der Waals surface area contributed by atoms with Crippen molar-refractivity contribution in [3.8, 4) is 0 Å². The number of pyridine rings is 1. The topological polar surface area (TPSA) is 71.3 Å². The fourth-order valence-corrected chi connectivity index (χ4v) is 3.24. The molecule has 0 spiro atoms. The van der Waals surface area contributed by atoms with Crippen molar-refractivity contribution in [1.29, 1.82) is 0 Å². The second kappa shape index (κ2) is 6.50. The van der Waals surface area contributed by atoms with Gasteiger partial charge in [-0.05, 0) is 32.4 Å². The lowest BCUT2D eigenvalue weighted by molar-refractivity contribution is -0.383. The minimum Gasteiger partial charge on any atom is -0.382 e. The summed E-state index contributed by atoms with van der Waals surface area (Å²) in [6.45, 7) is 7.34. The maximum Gasteiger partial charge on any atom is 0.295 e. The first-order valence-corrected chi connectivity index (χ1v) is 8.12. The summed E-state index contributed by atoms with van der Waals surface area (Å²) >= 11 is 0. The Labute approximate surface area is 135 Å². The van der Waals surface area contributed by atoms with Gasteiger partial charge < -0.3 is 10.2 Å². The number of nitro benzene ring substituents is 1. The van der Waals surface area contributed by atoms with E-state index in [0.717, 1.165) is 49.2 Å². The van der Waals surface area contributed by atoms with Crippen LogP contribution >= 0.6 is 0 Å². The zero-order valence-corrected chi connectivity index (χ0v) is 13.6. The highest BCUT2D eigenvalue weighted by Crippen LogP contribution is 2.31. The number of anilines is 1. The number of piperidine rings is 1. The molecule has 2 heterocycles. The van der Waals surface area contributed by atoms with E-state index in [2.05, 4.69) is 22.1 Å². The molecule has 0 unspecified atom stereocenters. The smallest absolute Gasteiger partial charge is 0.295 e. The molecule has 3 rings (SSSR count). The van der Waals surface area contributed by atoms with Crippen LogP contribution in [-0.4, -0.2) is 40.5 Å². The second-order valence-electron chi connectivity index (χ2n) is 6.09. The number of rotatable bonds is 4. The summed E-state index contributed by atoms with van der Waals surface area (Å²) in [6, 6.07) is 7.53. The van der Waals surface area contributed by atoms with Gasteiger partial charge in [0.25, 0.3) is 5.69 Å². The highest BCUT2D eigenvalue weighted by Gasteiger charge is 2.20. The molecule has 1 aliphatic heterocycles. The number of hydrogen-bond acceptors (Lipinski definition) is 5. The normalized spacial score (nSPS) is 16.6. The molecule has 1 saturated heterocycles. The third-order valence-electron chi connectivity index (χ3n) is 4.54. The van der Waals surface area contributed by atoms with Crippen molar-refractivity contribution >= 4 is 22.3 Å². The van der Waals surface area contributed by atoms with Gasteiger partial charge >= 0.3 is 0 Å². The number of benzene rings is 1. The van der Waals surface area contributed by atoms with E-state index in [9.17, 15) is 10.1 Å². The fourth-order valence-electron chi connectivity index (χ4n) is 3.24. The molecular formula is C17H22N4O2. The molecule has 0 saturated carbocycles. The molecule has 6 heteroatoms. The number of para-hydroxylation sites is 1. The number of fused-ring (bicyclic) bond motifs is 1. The molecule has 2 aromatic rings. The van der Waals surface area contributed by atoms with E-state index < -0.39 is 0 Å². The number of aryl methyl sites for hydroxylation is 1. The van der Waals surface area contributed by atoms with Gasteiger partial charge in [-0.15, -0.1) is 0 Å². The molecule has 122 valence electrons. The summed E-state index contributed by atoms with van der Waals surface area (Å²) in [5, 5.41) is 15.6. The molecule has 0 atom stereocenters. The summed E-state index contributed by atoms with van der Waals surface area (Å²) in [5.74, 6) is 0. The van der Waals surface area contributed by atoms with Crippen molar-refractivity contribution in [2.45, 2.75) is 32.7 Å². The first-order valence-electron chi connectivity index (χ1n) is 8.12. The average molecular weight is 314 g/mol. The van der Waals surface area contributed by atoms with Crippen LogP contribution in [0.5, 0.6) is 0 Å². The van der Waals surface area contributed by atoms with Crippen LogP contribution in [0.25, 0.3) is 10.9 Å². The van der Waals surface area contributed by atoms with Crippen molar-refractivity contribution in [3.05, 3.63) is 40.1 Å². The van der Waals surface area contributed by atoms with Gasteiger partial charge in [-0.1, -0.05) is 19.1 Å². The van der Waals surface area contributed by atoms with Crippen molar-refractivity contribution in [3.63, 3.8) is 0 Å². The Kier molecular flexibility index (Phi) is 4.43. The van der Waals surface area contributed by atoms with Crippen LogP contribution in [0.2, 0.25) is 0 Å². The van der Waals surface area contributed by atoms with E-state index in [1.807, 2.05) is 19.1 Å².